The van der Waals surface area contributed by atoms with Crippen molar-refractivity contribution < 1.29 is 14.0 Å². The highest BCUT2D eigenvalue weighted by atomic mass is 35.5. The Morgan fingerprint density at radius 3 is 2.70 bits per heavy atom. The van der Waals surface area contributed by atoms with Crippen LogP contribution in [0.3, 0.4) is 0 Å². The second kappa shape index (κ2) is 9.75. The molecule has 1 fully saturated rings. The van der Waals surface area contributed by atoms with Gasteiger partial charge in [0.05, 0.1) is 11.0 Å². The summed E-state index contributed by atoms with van der Waals surface area (Å²) in [4.78, 5) is 23.8. The lowest BCUT2D eigenvalue weighted by atomic mass is 10.2. The van der Waals surface area contributed by atoms with Gasteiger partial charge in [0.2, 0.25) is 11.8 Å². The molecule has 1 aromatic rings. The van der Waals surface area contributed by atoms with Gasteiger partial charge in [-0.25, -0.2) is 4.39 Å². The molecule has 1 saturated heterocycles. The molecule has 2 rings (SSSR count). The SMILES string of the molecule is CC(SCC(=O)Nc1ccc(F)cc1)C(=O)NC1CCNC1.Cl. The van der Waals surface area contributed by atoms with Crippen LogP contribution in [0.4, 0.5) is 10.1 Å². The fraction of sp³-hybridized carbons (Fsp3) is 0.467. The highest BCUT2D eigenvalue weighted by molar-refractivity contribution is 8.01. The van der Waals surface area contributed by atoms with Gasteiger partial charge in [-0.3, -0.25) is 9.59 Å². The maximum absolute atomic E-state index is 12.8. The first-order chi connectivity index (χ1) is 10.5. The molecule has 1 heterocycles. The summed E-state index contributed by atoms with van der Waals surface area (Å²) >= 11 is 1.28. The van der Waals surface area contributed by atoms with E-state index >= 15 is 0 Å². The number of carbonyl (C=O) groups is 2. The Balaban J connectivity index is 0.00000264. The summed E-state index contributed by atoms with van der Waals surface area (Å²) < 4.78 is 12.8. The molecule has 0 aromatic heterocycles. The lowest BCUT2D eigenvalue weighted by Crippen LogP contribution is -2.40. The van der Waals surface area contributed by atoms with E-state index in [1.165, 1.54) is 36.0 Å². The smallest absolute Gasteiger partial charge is 0.234 e. The molecule has 2 unspecified atom stereocenters. The molecule has 1 aliphatic heterocycles. The highest BCUT2D eigenvalue weighted by Gasteiger charge is 2.21. The average Bonchev–Trinajstić information content (AvgIpc) is 3.00. The minimum Gasteiger partial charge on any atom is -0.351 e. The summed E-state index contributed by atoms with van der Waals surface area (Å²) in [5.41, 5.74) is 0.543. The molecule has 128 valence electrons. The van der Waals surface area contributed by atoms with Crippen LogP contribution >= 0.6 is 24.2 Å². The van der Waals surface area contributed by atoms with Crippen LogP contribution in [-0.2, 0) is 9.59 Å². The van der Waals surface area contributed by atoms with Crippen molar-refractivity contribution >= 4 is 41.7 Å². The molecule has 3 N–H and O–H groups in total. The van der Waals surface area contributed by atoms with Gasteiger partial charge >= 0.3 is 0 Å². The third kappa shape index (κ3) is 6.76. The fourth-order valence-electron chi connectivity index (χ4n) is 2.10. The molecule has 8 heteroatoms. The van der Waals surface area contributed by atoms with Crippen LogP contribution in [0.15, 0.2) is 24.3 Å². The van der Waals surface area contributed by atoms with Crippen molar-refractivity contribution in [1.82, 2.24) is 10.6 Å². The normalized spacial score (nSPS) is 17.9. The number of nitrogens with one attached hydrogen (secondary N) is 3. The number of halogens is 2. The van der Waals surface area contributed by atoms with Crippen molar-refractivity contribution in [3.63, 3.8) is 0 Å². The van der Waals surface area contributed by atoms with E-state index in [1.807, 2.05) is 0 Å². The van der Waals surface area contributed by atoms with Gasteiger partial charge in [0.1, 0.15) is 5.82 Å². The van der Waals surface area contributed by atoms with E-state index in [1.54, 1.807) is 6.92 Å². The lowest BCUT2D eigenvalue weighted by molar-refractivity contribution is -0.120. The second-order valence-electron chi connectivity index (χ2n) is 5.21. The summed E-state index contributed by atoms with van der Waals surface area (Å²) in [6, 6.07) is 5.76. The minimum atomic E-state index is -0.348. The number of anilines is 1. The largest absolute Gasteiger partial charge is 0.351 e. The zero-order valence-electron chi connectivity index (χ0n) is 12.8. The first-order valence-electron chi connectivity index (χ1n) is 7.22. The second-order valence-corrected chi connectivity index (χ2v) is 6.54. The molecule has 0 radical (unpaired) electrons. The van der Waals surface area contributed by atoms with E-state index in [9.17, 15) is 14.0 Å². The molecule has 0 spiro atoms. The van der Waals surface area contributed by atoms with Crippen LogP contribution in [0.5, 0.6) is 0 Å². The Kier molecular flexibility index (Phi) is 8.36. The average molecular weight is 362 g/mol. The van der Waals surface area contributed by atoms with E-state index in [4.69, 9.17) is 0 Å². The predicted molar refractivity (Wildman–Crippen MR) is 93.6 cm³/mol. The maximum Gasteiger partial charge on any atom is 0.234 e. The van der Waals surface area contributed by atoms with Gasteiger partial charge in [-0.05, 0) is 44.2 Å². The third-order valence-corrected chi connectivity index (χ3v) is 4.51. The van der Waals surface area contributed by atoms with Crippen molar-refractivity contribution in [3.05, 3.63) is 30.1 Å². The van der Waals surface area contributed by atoms with Gasteiger partial charge in [-0.15, -0.1) is 24.2 Å². The molecule has 2 atom stereocenters. The Labute approximate surface area is 145 Å². The molecule has 0 saturated carbocycles. The number of thioether (sulfide) groups is 1. The third-order valence-electron chi connectivity index (χ3n) is 3.37. The van der Waals surface area contributed by atoms with Crippen LogP contribution in [0, 0.1) is 5.82 Å². The van der Waals surface area contributed by atoms with E-state index in [-0.39, 0.29) is 47.1 Å². The Hall–Kier alpha value is -1.31. The molecule has 0 aliphatic carbocycles. The predicted octanol–water partition coefficient (Wildman–Crippen LogP) is 1.79. The monoisotopic (exact) mass is 361 g/mol. The van der Waals surface area contributed by atoms with Gasteiger partial charge in [0, 0.05) is 18.3 Å². The van der Waals surface area contributed by atoms with Crippen molar-refractivity contribution in [1.29, 1.82) is 0 Å². The number of hydrogen-bond acceptors (Lipinski definition) is 4. The van der Waals surface area contributed by atoms with Crippen LogP contribution in [-0.4, -0.2) is 41.9 Å². The fourth-order valence-corrected chi connectivity index (χ4v) is 2.80. The first kappa shape index (κ1) is 19.7. The van der Waals surface area contributed by atoms with E-state index in [0.717, 1.165) is 19.5 Å². The van der Waals surface area contributed by atoms with Gasteiger partial charge in [0.25, 0.3) is 0 Å². The van der Waals surface area contributed by atoms with E-state index in [0.29, 0.717) is 5.69 Å². The summed E-state index contributed by atoms with van der Waals surface area (Å²) in [5, 5.41) is 8.52. The summed E-state index contributed by atoms with van der Waals surface area (Å²) in [7, 11) is 0. The molecule has 1 aromatic carbocycles. The number of benzene rings is 1. The van der Waals surface area contributed by atoms with Crippen molar-refractivity contribution in [2.24, 2.45) is 0 Å². The van der Waals surface area contributed by atoms with Crippen LogP contribution < -0.4 is 16.0 Å². The molecule has 1 aliphatic rings. The standard InChI is InChI=1S/C15H20FN3O2S.ClH/c1-10(15(21)19-13-6-7-17-8-13)22-9-14(20)18-12-4-2-11(16)3-5-12;/h2-5,10,13,17H,6-9H2,1H3,(H,18,20)(H,19,21);1H. The molecule has 2 amide bonds. The number of amides is 2. The molecule has 23 heavy (non-hydrogen) atoms. The number of carbonyl (C=O) groups excluding carboxylic acids is 2. The van der Waals surface area contributed by atoms with Crippen molar-refractivity contribution in [3.8, 4) is 0 Å². The Morgan fingerprint density at radius 2 is 2.09 bits per heavy atom. The van der Waals surface area contributed by atoms with Gasteiger partial charge in [-0.1, -0.05) is 0 Å². The van der Waals surface area contributed by atoms with Crippen LogP contribution in [0.2, 0.25) is 0 Å². The van der Waals surface area contributed by atoms with Crippen molar-refractivity contribution in [2.75, 3.05) is 24.2 Å². The summed E-state index contributed by atoms with van der Waals surface area (Å²) in [6.45, 7) is 3.51. The van der Waals surface area contributed by atoms with E-state index in [2.05, 4.69) is 16.0 Å². The number of hydrogen-bond donors (Lipinski definition) is 3. The van der Waals surface area contributed by atoms with Gasteiger partial charge in [0.15, 0.2) is 0 Å². The Morgan fingerprint density at radius 1 is 1.39 bits per heavy atom. The minimum absolute atomic E-state index is 0. The maximum atomic E-state index is 12.8. The van der Waals surface area contributed by atoms with Crippen molar-refractivity contribution in [2.45, 2.75) is 24.6 Å². The van der Waals surface area contributed by atoms with Crippen LogP contribution in [0.25, 0.3) is 0 Å². The van der Waals surface area contributed by atoms with Gasteiger partial charge in [-0.2, -0.15) is 0 Å². The quantitative estimate of drug-likeness (QED) is 0.722. The van der Waals surface area contributed by atoms with E-state index < -0.39 is 0 Å². The highest BCUT2D eigenvalue weighted by Crippen LogP contribution is 2.13. The topological polar surface area (TPSA) is 70.2 Å². The first-order valence-corrected chi connectivity index (χ1v) is 8.27. The summed E-state index contributed by atoms with van der Waals surface area (Å²) in [6.07, 6.45) is 0.939. The molecular weight excluding hydrogens is 341 g/mol. The molecular formula is C15H21ClFN3O2S. The zero-order valence-corrected chi connectivity index (χ0v) is 14.4. The van der Waals surface area contributed by atoms with Crippen LogP contribution in [0.1, 0.15) is 13.3 Å². The number of rotatable bonds is 6. The molecule has 5 nitrogen and oxygen atoms in total. The molecule has 0 bridgehead atoms. The zero-order chi connectivity index (χ0) is 15.9. The lowest BCUT2D eigenvalue weighted by Gasteiger charge is -2.15. The van der Waals surface area contributed by atoms with Gasteiger partial charge < -0.3 is 16.0 Å². The Bertz CT molecular complexity index is 524. The summed E-state index contributed by atoms with van der Waals surface area (Å²) in [5.74, 6) is -0.430.